The monoisotopic (exact) mass is 501 g/mol. The molecule has 0 fully saturated rings. The number of thioether (sulfide) groups is 1. The molecule has 4 rings (SSSR count). The van der Waals surface area contributed by atoms with Gasteiger partial charge in [0.05, 0.1) is 26.9 Å². The Kier molecular flexibility index (Phi) is 6.30. The zero-order chi connectivity index (χ0) is 23.2. The summed E-state index contributed by atoms with van der Waals surface area (Å²) >= 11 is 8.49. The quantitative estimate of drug-likeness (QED) is 0.345. The Labute approximate surface area is 194 Å². The lowest BCUT2D eigenvalue weighted by molar-refractivity contribution is -0.137. The van der Waals surface area contributed by atoms with Crippen molar-refractivity contribution in [1.29, 1.82) is 0 Å². The van der Waals surface area contributed by atoms with Gasteiger partial charge in [-0.3, -0.25) is 9.59 Å². The molecular formula is C21H19ClF3N3O2S2. The highest BCUT2D eigenvalue weighted by molar-refractivity contribution is 8.00. The number of rotatable bonds is 4. The van der Waals surface area contributed by atoms with Crippen LogP contribution in [0.25, 0.3) is 10.2 Å². The molecule has 1 aromatic carbocycles. The Morgan fingerprint density at radius 2 is 2.16 bits per heavy atom. The summed E-state index contributed by atoms with van der Waals surface area (Å²) in [6.45, 7) is 3.76. The molecule has 170 valence electrons. The summed E-state index contributed by atoms with van der Waals surface area (Å²) < 4.78 is 38.9. The molecule has 2 atom stereocenters. The molecule has 1 aliphatic carbocycles. The number of nitrogens with zero attached hydrogens (tertiary/aromatic N) is 1. The molecule has 2 N–H and O–H groups in total. The third-order valence-electron chi connectivity index (χ3n) is 5.35. The zero-order valence-electron chi connectivity index (χ0n) is 17.1. The van der Waals surface area contributed by atoms with Crippen LogP contribution in [-0.2, 0) is 23.8 Å². The highest BCUT2D eigenvalue weighted by Crippen LogP contribution is 2.37. The molecule has 1 aliphatic rings. The highest BCUT2D eigenvalue weighted by atomic mass is 35.5. The average Bonchev–Trinajstić information content (AvgIpc) is 3.06. The number of hydrogen-bond acceptors (Lipinski definition) is 5. The summed E-state index contributed by atoms with van der Waals surface area (Å²) in [7, 11) is 0. The number of aryl methyl sites for hydroxylation is 1. The van der Waals surface area contributed by atoms with E-state index in [0.717, 1.165) is 54.8 Å². The maximum absolute atomic E-state index is 13.0. The number of amides is 1. The summed E-state index contributed by atoms with van der Waals surface area (Å²) in [6.07, 6.45) is -1.75. The maximum Gasteiger partial charge on any atom is 0.416 e. The second-order valence-corrected chi connectivity index (χ2v) is 10.7. The SMILES string of the molecule is CC1CCc2c(sc3nc(SC(C)C(=O)Nc4cc(C(F)(F)F)ccc4Cl)[nH]c(=O)c23)C1. The smallest absolute Gasteiger partial charge is 0.324 e. The molecule has 2 unspecified atom stereocenters. The van der Waals surface area contributed by atoms with E-state index < -0.39 is 22.9 Å². The van der Waals surface area contributed by atoms with Crippen molar-refractivity contribution in [2.45, 2.75) is 49.7 Å². The number of halogens is 4. The van der Waals surface area contributed by atoms with E-state index in [9.17, 15) is 22.8 Å². The molecule has 0 spiro atoms. The van der Waals surface area contributed by atoms with Crippen LogP contribution < -0.4 is 10.9 Å². The van der Waals surface area contributed by atoms with Crippen molar-refractivity contribution >= 4 is 56.5 Å². The van der Waals surface area contributed by atoms with Gasteiger partial charge in [0.1, 0.15) is 4.83 Å². The Bertz CT molecular complexity index is 1260. The number of anilines is 1. The van der Waals surface area contributed by atoms with Gasteiger partial charge in [-0.05, 0) is 55.9 Å². The number of carbonyl (C=O) groups is 1. The van der Waals surface area contributed by atoms with Crippen molar-refractivity contribution in [2.24, 2.45) is 5.92 Å². The van der Waals surface area contributed by atoms with Crippen molar-refractivity contribution < 1.29 is 18.0 Å². The number of fused-ring (bicyclic) bond motifs is 3. The second kappa shape index (κ2) is 8.72. The van der Waals surface area contributed by atoms with Crippen LogP contribution >= 0.6 is 34.7 Å². The predicted molar refractivity (Wildman–Crippen MR) is 122 cm³/mol. The molecule has 1 amide bonds. The van der Waals surface area contributed by atoms with Crippen molar-refractivity contribution in [2.75, 3.05) is 5.32 Å². The van der Waals surface area contributed by atoms with E-state index in [1.54, 1.807) is 6.92 Å². The van der Waals surface area contributed by atoms with E-state index >= 15 is 0 Å². The summed E-state index contributed by atoms with van der Waals surface area (Å²) in [5.41, 5.74) is -0.211. The second-order valence-electron chi connectivity index (χ2n) is 7.84. The first-order chi connectivity index (χ1) is 15.0. The van der Waals surface area contributed by atoms with Crippen LogP contribution in [0.3, 0.4) is 0 Å². The molecule has 0 saturated heterocycles. The largest absolute Gasteiger partial charge is 0.416 e. The topological polar surface area (TPSA) is 74.8 Å². The van der Waals surface area contributed by atoms with Crippen LogP contribution in [0, 0.1) is 5.92 Å². The minimum absolute atomic E-state index is 0.00473. The Hall–Kier alpha value is -2.04. The van der Waals surface area contributed by atoms with Gasteiger partial charge in [0.2, 0.25) is 5.91 Å². The number of nitrogens with one attached hydrogen (secondary N) is 2. The minimum Gasteiger partial charge on any atom is -0.324 e. The molecule has 0 radical (unpaired) electrons. The molecule has 0 bridgehead atoms. The van der Waals surface area contributed by atoms with Crippen LogP contribution in [0.2, 0.25) is 5.02 Å². The molecule has 3 aromatic rings. The van der Waals surface area contributed by atoms with Crippen molar-refractivity contribution in [3.8, 4) is 0 Å². The highest BCUT2D eigenvalue weighted by Gasteiger charge is 2.31. The summed E-state index contributed by atoms with van der Waals surface area (Å²) in [6, 6.07) is 2.73. The van der Waals surface area contributed by atoms with Gasteiger partial charge in [-0.2, -0.15) is 13.2 Å². The fourth-order valence-electron chi connectivity index (χ4n) is 3.64. The van der Waals surface area contributed by atoms with Crippen molar-refractivity contribution in [3.63, 3.8) is 0 Å². The summed E-state index contributed by atoms with van der Waals surface area (Å²) in [4.78, 5) is 34.4. The van der Waals surface area contributed by atoms with Crippen LogP contribution in [0.4, 0.5) is 18.9 Å². The molecule has 0 aliphatic heterocycles. The standard InChI is InChI=1S/C21H19ClF3N3O2S2/c1-9-3-5-12-15(7-9)32-19-16(12)18(30)27-20(28-19)31-10(2)17(29)26-14-8-11(21(23,24)25)4-6-13(14)22/h4,6,8-10H,3,5,7H2,1-2H3,(H,26,29)(H,27,28,30). The first-order valence-corrected chi connectivity index (χ1v) is 12.0. The zero-order valence-corrected chi connectivity index (χ0v) is 19.5. The van der Waals surface area contributed by atoms with E-state index in [1.165, 1.54) is 16.2 Å². The third-order valence-corrected chi connectivity index (χ3v) is 7.81. The number of benzene rings is 1. The third kappa shape index (κ3) is 4.67. The number of alkyl halides is 3. The van der Waals surface area contributed by atoms with Gasteiger partial charge in [0, 0.05) is 4.88 Å². The van der Waals surface area contributed by atoms with Gasteiger partial charge in [-0.25, -0.2) is 4.98 Å². The molecule has 0 saturated carbocycles. The minimum atomic E-state index is -4.55. The van der Waals surface area contributed by atoms with Crippen LogP contribution in [0.1, 0.15) is 36.3 Å². The number of H-pyrrole nitrogens is 1. The maximum atomic E-state index is 13.0. The first-order valence-electron chi connectivity index (χ1n) is 9.91. The van der Waals surface area contributed by atoms with E-state index in [0.29, 0.717) is 16.1 Å². The van der Waals surface area contributed by atoms with Crippen LogP contribution in [-0.4, -0.2) is 21.1 Å². The Balaban J connectivity index is 1.53. The normalized spacial score (nSPS) is 17.2. The van der Waals surface area contributed by atoms with Crippen molar-refractivity contribution in [1.82, 2.24) is 9.97 Å². The summed E-state index contributed by atoms with van der Waals surface area (Å²) in [5.74, 6) is 0.00755. The van der Waals surface area contributed by atoms with Gasteiger partial charge in [0.25, 0.3) is 5.56 Å². The number of aromatic amines is 1. The van der Waals surface area contributed by atoms with E-state index in [1.807, 2.05) is 0 Å². The lowest BCUT2D eigenvalue weighted by Gasteiger charge is -2.17. The van der Waals surface area contributed by atoms with Gasteiger partial charge in [0.15, 0.2) is 5.16 Å². The fraction of sp³-hybridized carbons (Fsp3) is 0.381. The fourth-order valence-corrected chi connectivity index (χ4v) is 6.04. The van der Waals surface area contributed by atoms with Gasteiger partial charge < -0.3 is 10.3 Å². The molecule has 2 heterocycles. The van der Waals surface area contributed by atoms with E-state index in [2.05, 4.69) is 22.2 Å². The first kappa shape index (κ1) is 23.1. The molecule has 2 aromatic heterocycles. The van der Waals surface area contributed by atoms with Crippen LogP contribution in [0.5, 0.6) is 0 Å². The lowest BCUT2D eigenvalue weighted by Crippen LogP contribution is -2.23. The van der Waals surface area contributed by atoms with E-state index in [-0.39, 0.29) is 21.4 Å². The van der Waals surface area contributed by atoms with Crippen LogP contribution in [0.15, 0.2) is 28.2 Å². The lowest BCUT2D eigenvalue weighted by atomic mass is 9.89. The van der Waals surface area contributed by atoms with E-state index in [4.69, 9.17) is 11.6 Å². The number of thiophene rings is 1. The van der Waals surface area contributed by atoms with Gasteiger partial charge in [-0.1, -0.05) is 30.3 Å². The Morgan fingerprint density at radius 3 is 2.88 bits per heavy atom. The average molecular weight is 502 g/mol. The molecule has 5 nitrogen and oxygen atoms in total. The molecule has 32 heavy (non-hydrogen) atoms. The van der Waals surface area contributed by atoms with Gasteiger partial charge >= 0.3 is 6.18 Å². The number of carbonyl (C=O) groups excluding carboxylic acids is 1. The molecule has 11 heteroatoms. The number of aromatic nitrogens is 2. The molecular weight excluding hydrogens is 483 g/mol. The van der Waals surface area contributed by atoms with Gasteiger partial charge in [-0.15, -0.1) is 11.3 Å². The summed E-state index contributed by atoms with van der Waals surface area (Å²) in [5, 5.41) is 2.59. The van der Waals surface area contributed by atoms with Crippen molar-refractivity contribution in [3.05, 3.63) is 49.6 Å². The predicted octanol–water partition coefficient (Wildman–Crippen LogP) is 5.90. The number of hydrogen-bond donors (Lipinski definition) is 2. The Morgan fingerprint density at radius 1 is 1.41 bits per heavy atom.